The van der Waals surface area contributed by atoms with Gasteiger partial charge in [-0.1, -0.05) is 46.0 Å². The van der Waals surface area contributed by atoms with E-state index in [0.717, 1.165) is 44.9 Å². The van der Waals surface area contributed by atoms with Crippen molar-refractivity contribution in [3.8, 4) is 5.75 Å². The fourth-order valence-electron chi connectivity index (χ4n) is 2.25. The lowest BCUT2D eigenvalue weighted by Gasteiger charge is -2.08. The molecule has 0 bridgehead atoms. The fraction of sp³-hybridized carbons (Fsp3) is 0.632. The number of rotatable bonds is 14. The third-order valence-electron chi connectivity index (χ3n) is 3.81. The molecule has 0 amide bonds. The maximum absolute atomic E-state index is 12.1. The lowest BCUT2D eigenvalue weighted by atomic mass is 10.1. The van der Waals surface area contributed by atoms with E-state index in [1.165, 1.54) is 12.1 Å². The van der Waals surface area contributed by atoms with Gasteiger partial charge in [0.15, 0.2) is 5.78 Å². The molecule has 5 nitrogen and oxygen atoms in total. The molecular weight excluding hydrogens is 340 g/mol. The number of ether oxygens (including phenoxy) is 1. The summed E-state index contributed by atoms with van der Waals surface area (Å²) in [4.78, 5) is 11.8. The lowest BCUT2D eigenvalue weighted by molar-refractivity contribution is -0.121. The van der Waals surface area contributed by atoms with Crippen LogP contribution in [0.15, 0.2) is 29.2 Å². The Hall–Kier alpha value is -1.40. The van der Waals surface area contributed by atoms with Crippen molar-refractivity contribution >= 4 is 15.9 Å². The van der Waals surface area contributed by atoms with Crippen molar-refractivity contribution in [2.75, 3.05) is 13.2 Å². The van der Waals surface area contributed by atoms with Gasteiger partial charge in [-0.25, -0.2) is 0 Å². The van der Waals surface area contributed by atoms with E-state index >= 15 is 0 Å². The number of unbranched alkanes of at least 4 members (excludes halogenated alkanes) is 5. The molecule has 1 aromatic carbocycles. The van der Waals surface area contributed by atoms with E-state index in [0.29, 0.717) is 18.8 Å². The zero-order chi connectivity index (χ0) is 18.5. The second-order valence-electron chi connectivity index (χ2n) is 6.09. The number of hydrogen-bond donors (Lipinski definition) is 0. The van der Waals surface area contributed by atoms with Crippen molar-refractivity contribution in [2.24, 2.45) is 0 Å². The average molecular weight is 371 g/mol. The molecule has 0 saturated heterocycles. The average Bonchev–Trinajstić information content (AvgIpc) is 2.60. The molecule has 6 heteroatoms. The first kappa shape index (κ1) is 21.6. The quantitative estimate of drug-likeness (QED) is 0.356. The topological polar surface area (TPSA) is 69.7 Å². The van der Waals surface area contributed by atoms with Crippen LogP contribution in [0.25, 0.3) is 0 Å². The summed E-state index contributed by atoms with van der Waals surface area (Å²) in [6, 6.07) is 6.07. The second kappa shape index (κ2) is 12.0. The molecule has 25 heavy (non-hydrogen) atoms. The Morgan fingerprint density at radius 2 is 1.56 bits per heavy atom. The molecule has 142 valence electrons. The first-order valence-electron chi connectivity index (χ1n) is 9.13. The van der Waals surface area contributed by atoms with Crippen LogP contribution >= 0.6 is 0 Å². The Bertz CT molecular complexity index is 593. The first-order valence-corrected chi connectivity index (χ1v) is 10.5. The van der Waals surface area contributed by atoms with E-state index in [4.69, 9.17) is 8.92 Å². The fourth-order valence-corrected chi connectivity index (χ4v) is 3.14. The zero-order valence-corrected chi connectivity index (χ0v) is 16.1. The van der Waals surface area contributed by atoms with Gasteiger partial charge in [-0.15, -0.1) is 0 Å². The van der Waals surface area contributed by atoms with E-state index in [9.17, 15) is 13.2 Å². The van der Waals surface area contributed by atoms with Gasteiger partial charge in [0.05, 0.1) is 11.5 Å². The number of ketones is 1. The van der Waals surface area contributed by atoms with Crippen LogP contribution in [0.1, 0.15) is 65.2 Å². The molecule has 0 unspecified atom stereocenters. The molecule has 0 aliphatic rings. The van der Waals surface area contributed by atoms with E-state index in [2.05, 4.69) is 13.8 Å². The largest absolute Gasteiger partial charge is 0.494 e. The highest BCUT2D eigenvalue weighted by atomic mass is 32.2. The van der Waals surface area contributed by atoms with Gasteiger partial charge in [0.25, 0.3) is 10.1 Å². The van der Waals surface area contributed by atoms with Crippen LogP contribution < -0.4 is 4.74 Å². The van der Waals surface area contributed by atoms with Crippen molar-refractivity contribution in [1.82, 2.24) is 0 Å². The lowest BCUT2D eigenvalue weighted by Crippen LogP contribution is -2.14. The van der Waals surface area contributed by atoms with Crippen LogP contribution in [0.2, 0.25) is 0 Å². The number of Topliss-reactive ketones (excluding diaryl/α,β-unsaturated/α-hetero) is 1. The molecule has 0 radical (unpaired) electrons. The molecule has 0 aliphatic carbocycles. The van der Waals surface area contributed by atoms with Crippen LogP contribution in [0.5, 0.6) is 5.75 Å². The summed E-state index contributed by atoms with van der Waals surface area (Å²) < 4.78 is 34.6. The van der Waals surface area contributed by atoms with Gasteiger partial charge in [-0.3, -0.25) is 8.98 Å². The third-order valence-corrected chi connectivity index (χ3v) is 5.09. The Kier molecular flexibility index (Phi) is 10.4. The van der Waals surface area contributed by atoms with Crippen LogP contribution in [0, 0.1) is 0 Å². The number of carbonyl (C=O) groups excluding carboxylic acids is 1. The minimum Gasteiger partial charge on any atom is -0.494 e. The first-order chi connectivity index (χ1) is 12.0. The highest BCUT2D eigenvalue weighted by Gasteiger charge is 2.17. The normalized spacial score (nSPS) is 11.4. The summed E-state index contributed by atoms with van der Waals surface area (Å²) in [6.07, 6.45) is 7.54. The summed E-state index contributed by atoms with van der Waals surface area (Å²) in [7, 11) is -3.91. The summed E-state index contributed by atoms with van der Waals surface area (Å²) in [6.45, 7) is 4.41. The van der Waals surface area contributed by atoms with Crippen molar-refractivity contribution < 1.29 is 22.1 Å². The predicted octanol–water partition coefficient (Wildman–Crippen LogP) is 4.50. The Morgan fingerprint density at radius 3 is 2.20 bits per heavy atom. The number of benzene rings is 1. The third kappa shape index (κ3) is 9.02. The SMILES string of the molecule is CCCCCCCC(=O)COS(=O)(=O)c1ccc(OCCCC)cc1. The smallest absolute Gasteiger partial charge is 0.297 e. The summed E-state index contributed by atoms with van der Waals surface area (Å²) in [5.74, 6) is 0.440. The van der Waals surface area contributed by atoms with Crippen LogP contribution in [-0.2, 0) is 19.1 Å². The van der Waals surface area contributed by atoms with Crippen LogP contribution in [-0.4, -0.2) is 27.4 Å². The Balaban J connectivity index is 2.40. The van der Waals surface area contributed by atoms with Crippen molar-refractivity contribution in [3.05, 3.63) is 24.3 Å². The molecular formula is C19H30O5S. The minimum atomic E-state index is -3.91. The molecule has 0 atom stereocenters. The van der Waals surface area contributed by atoms with Gasteiger partial charge in [-0.05, 0) is 37.1 Å². The van der Waals surface area contributed by atoms with Crippen molar-refractivity contribution in [3.63, 3.8) is 0 Å². The molecule has 0 aliphatic heterocycles. The number of carbonyl (C=O) groups is 1. The minimum absolute atomic E-state index is 0.0334. The van der Waals surface area contributed by atoms with E-state index in [1.54, 1.807) is 12.1 Å². The van der Waals surface area contributed by atoms with E-state index in [1.807, 2.05) is 0 Å². The zero-order valence-electron chi connectivity index (χ0n) is 15.3. The number of hydrogen-bond acceptors (Lipinski definition) is 5. The monoisotopic (exact) mass is 370 g/mol. The summed E-state index contributed by atoms with van der Waals surface area (Å²) >= 11 is 0. The molecule has 1 rings (SSSR count). The summed E-state index contributed by atoms with van der Waals surface area (Å²) in [5.41, 5.74) is 0. The highest BCUT2D eigenvalue weighted by Crippen LogP contribution is 2.18. The van der Waals surface area contributed by atoms with Gasteiger partial charge < -0.3 is 4.74 Å². The van der Waals surface area contributed by atoms with E-state index < -0.39 is 16.7 Å². The molecule has 1 aromatic rings. The van der Waals surface area contributed by atoms with Gasteiger partial charge in [0, 0.05) is 6.42 Å². The highest BCUT2D eigenvalue weighted by molar-refractivity contribution is 7.86. The van der Waals surface area contributed by atoms with Crippen LogP contribution in [0.4, 0.5) is 0 Å². The summed E-state index contributed by atoms with van der Waals surface area (Å²) in [5, 5.41) is 0. The molecule has 0 fully saturated rings. The van der Waals surface area contributed by atoms with Crippen molar-refractivity contribution in [1.29, 1.82) is 0 Å². The van der Waals surface area contributed by atoms with Gasteiger partial charge >= 0.3 is 0 Å². The molecule has 0 spiro atoms. The maximum Gasteiger partial charge on any atom is 0.297 e. The van der Waals surface area contributed by atoms with Crippen LogP contribution in [0.3, 0.4) is 0 Å². The maximum atomic E-state index is 12.1. The second-order valence-corrected chi connectivity index (χ2v) is 7.71. The van der Waals surface area contributed by atoms with Gasteiger partial charge in [-0.2, -0.15) is 8.42 Å². The van der Waals surface area contributed by atoms with Gasteiger partial charge in [0.1, 0.15) is 12.4 Å². The Labute approximate surface area is 151 Å². The van der Waals surface area contributed by atoms with E-state index in [-0.39, 0.29) is 10.7 Å². The van der Waals surface area contributed by atoms with Gasteiger partial charge in [0.2, 0.25) is 0 Å². The molecule has 0 aromatic heterocycles. The predicted molar refractivity (Wildman–Crippen MR) is 98.4 cm³/mol. The molecule has 0 N–H and O–H groups in total. The van der Waals surface area contributed by atoms with Crippen molar-refractivity contribution in [2.45, 2.75) is 70.1 Å². The Morgan fingerprint density at radius 1 is 0.920 bits per heavy atom. The molecule has 0 heterocycles. The standard InChI is InChI=1S/C19H30O5S/c1-3-5-7-8-9-10-17(20)16-24-25(21,22)19-13-11-18(12-14-19)23-15-6-4-2/h11-14H,3-10,15-16H2,1-2H3. The molecule has 0 saturated carbocycles.